The lowest BCUT2D eigenvalue weighted by atomic mass is 9.90. The van der Waals surface area contributed by atoms with Crippen molar-refractivity contribution in [3.63, 3.8) is 0 Å². The highest BCUT2D eigenvalue weighted by Crippen LogP contribution is 2.27. The molecule has 142 valence electrons. The Morgan fingerprint density at radius 2 is 1.81 bits per heavy atom. The topological polar surface area (TPSA) is 74.6 Å². The van der Waals surface area contributed by atoms with E-state index in [1.165, 1.54) is 0 Å². The van der Waals surface area contributed by atoms with Gasteiger partial charge in [-0.3, -0.25) is 9.59 Å². The van der Waals surface area contributed by atoms with Crippen LogP contribution >= 0.6 is 0 Å². The van der Waals surface area contributed by atoms with E-state index in [1.807, 2.05) is 6.08 Å². The average Bonchev–Trinajstić information content (AvgIpc) is 2.96. The van der Waals surface area contributed by atoms with Gasteiger partial charge in [-0.25, -0.2) is 0 Å². The molecule has 0 amide bonds. The van der Waals surface area contributed by atoms with Crippen LogP contribution in [0.25, 0.3) is 0 Å². The molecule has 1 rings (SSSR count). The van der Waals surface area contributed by atoms with Crippen molar-refractivity contribution in [3.8, 4) is 0 Å². The van der Waals surface area contributed by atoms with Crippen LogP contribution in [-0.2, 0) is 9.59 Å². The minimum Gasteiger partial charge on any atom is -0.481 e. The van der Waals surface area contributed by atoms with Gasteiger partial charge in [0.05, 0.1) is 6.10 Å². The van der Waals surface area contributed by atoms with E-state index in [1.54, 1.807) is 18.2 Å². The summed E-state index contributed by atoms with van der Waals surface area (Å²) in [6.45, 7) is 2.12. The molecule has 0 bridgehead atoms. The number of carbonyl (C=O) groups is 2. The predicted octanol–water partition coefficient (Wildman–Crippen LogP) is 4.39. The molecule has 0 saturated heterocycles. The number of carboxylic acids is 1. The van der Waals surface area contributed by atoms with Crippen molar-refractivity contribution in [3.05, 3.63) is 60.8 Å². The van der Waals surface area contributed by atoms with Crippen LogP contribution in [0.1, 0.15) is 45.4 Å². The molecule has 0 aromatic heterocycles. The standard InChI is InChI=1S/C22H30O4/c1-2-3-4-5-6-7-8-9-10-11-18-12-16-21(24)20(18)15-13-19(23)14-17-22(25)26/h3-4,6-7,9-10,12-13,15-16,18-20,23H,2,5,8,11,14,17H2,1H3,(H,25,26)/b4-3-,7-6-,10-9-,15-13+/t18-,19+,20+/m1/s1. The molecule has 0 aromatic rings. The molecule has 0 aliphatic heterocycles. The van der Waals surface area contributed by atoms with Crippen LogP contribution in [0.3, 0.4) is 0 Å². The monoisotopic (exact) mass is 358 g/mol. The van der Waals surface area contributed by atoms with Gasteiger partial charge in [0.25, 0.3) is 0 Å². The highest BCUT2D eigenvalue weighted by Gasteiger charge is 2.26. The van der Waals surface area contributed by atoms with Crippen molar-refractivity contribution in [1.29, 1.82) is 0 Å². The fourth-order valence-corrected chi connectivity index (χ4v) is 2.70. The van der Waals surface area contributed by atoms with Crippen LogP contribution in [0.4, 0.5) is 0 Å². The highest BCUT2D eigenvalue weighted by molar-refractivity contribution is 5.95. The number of hydrogen-bond acceptors (Lipinski definition) is 3. The fourth-order valence-electron chi connectivity index (χ4n) is 2.70. The lowest BCUT2D eigenvalue weighted by Crippen LogP contribution is -2.14. The summed E-state index contributed by atoms with van der Waals surface area (Å²) >= 11 is 0. The number of aliphatic carboxylic acids is 1. The first kappa shape index (κ1) is 21.8. The number of rotatable bonds is 12. The molecule has 26 heavy (non-hydrogen) atoms. The van der Waals surface area contributed by atoms with E-state index in [0.717, 1.165) is 25.7 Å². The molecular formula is C22H30O4. The van der Waals surface area contributed by atoms with E-state index in [9.17, 15) is 14.7 Å². The number of aliphatic hydroxyl groups excluding tert-OH is 1. The average molecular weight is 358 g/mol. The molecule has 0 unspecified atom stereocenters. The second-order valence-electron chi connectivity index (χ2n) is 6.37. The summed E-state index contributed by atoms with van der Waals surface area (Å²) in [7, 11) is 0. The van der Waals surface area contributed by atoms with Gasteiger partial charge in [-0.2, -0.15) is 0 Å². The Balaban J connectivity index is 2.39. The minimum atomic E-state index is -0.936. The minimum absolute atomic E-state index is 0.0349. The SMILES string of the molecule is CC/C=C\C/C=C\C/C=C\C[C@@H]1C=CC(=O)[C@H]1/C=C/[C@H](O)CCC(=O)O. The first-order valence-corrected chi connectivity index (χ1v) is 9.29. The largest absolute Gasteiger partial charge is 0.481 e. The molecule has 1 aliphatic carbocycles. The lowest BCUT2D eigenvalue weighted by molar-refractivity contribution is -0.137. The Kier molecular flexibility index (Phi) is 11.0. The van der Waals surface area contributed by atoms with Crippen molar-refractivity contribution in [2.75, 3.05) is 0 Å². The van der Waals surface area contributed by atoms with Crippen molar-refractivity contribution < 1.29 is 19.8 Å². The Hall–Kier alpha value is -2.20. The summed E-state index contributed by atoms with van der Waals surface area (Å²) in [6.07, 6.45) is 22.4. The van der Waals surface area contributed by atoms with Gasteiger partial charge in [-0.15, -0.1) is 0 Å². The highest BCUT2D eigenvalue weighted by atomic mass is 16.4. The molecule has 0 heterocycles. The van der Waals surface area contributed by atoms with Gasteiger partial charge in [0.2, 0.25) is 0 Å². The third kappa shape index (κ3) is 9.33. The maximum atomic E-state index is 12.0. The molecule has 0 aromatic carbocycles. The van der Waals surface area contributed by atoms with Crippen molar-refractivity contribution in [2.45, 2.75) is 51.6 Å². The predicted molar refractivity (Wildman–Crippen MR) is 105 cm³/mol. The lowest BCUT2D eigenvalue weighted by Gasteiger charge is -2.13. The van der Waals surface area contributed by atoms with E-state index < -0.39 is 12.1 Å². The number of allylic oxidation sites excluding steroid dienone is 9. The van der Waals surface area contributed by atoms with Gasteiger partial charge >= 0.3 is 5.97 Å². The second kappa shape index (κ2) is 13.1. The van der Waals surface area contributed by atoms with Crippen LogP contribution in [0.2, 0.25) is 0 Å². The maximum Gasteiger partial charge on any atom is 0.303 e. The Morgan fingerprint density at radius 1 is 1.15 bits per heavy atom. The van der Waals surface area contributed by atoms with Crippen LogP contribution in [0.15, 0.2) is 60.8 Å². The first-order valence-electron chi connectivity index (χ1n) is 9.29. The molecule has 0 spiro atoms. The summed E-state index contributed by atoms with van der Waals surface area (Å²) in [5.74, 6) is -1.07. The fraction of sp³-hybridized carbons (Fsp3) is 0.455. The molecule has 0 fully saturated rings. The zero-order valence-corrected chi connectivity index (χ0v) is 15.5. The van der Waals surface area contributed by atoms with Crippen molar-refractivity contribution in [2.24, 2.45) is 11.8 Å². The van der Waals surface area contributed by atoms with E-state index in [0.29, 0.717) is 0 Å². The normalized spacial score (nSPS) is 21.8. The summed E-state index contributed by atoms with van der Waals surface area (Å²) in [5.41, 5.74) is 0. The number of carbonyl (C=O) groups excluding carboxylic acids is 1. The van der Waals surface area contributed by atoms with Crippen molar-refractivity contribution >= 4 is 11.8 Å². The van der Waals surface area contributed by atoms with Crippen LogP contribution in [0.5, 0.6) is 0 Å². The van der Waals surface area contributed by atoms with E-state index >= 15 is 0 Å². The summed E-state index contributed by atoms with van der Waals surface area (Å²) in [6, 6.07) is 0. The third-order valence-electron chi connectivity index (χ3n) is 4.18. The molecule has 4 heteroatoms. The molecule has 3 atom stereocenters. The maximum absolute atomic E-state index is 12.0. The summed E-state index contributed by atoms with van der Waals surface area (Å²) < 4.78 is 0. The molecule has 4 nitrogen and oxygen atoms in total. The number of ketones is 1. The quantitative estimate of drug-likeness (QED) is 0.507. The van der Waals surface area contributed by atoms with Crippen LogP contribution in [0, 0.1) is 11.8 Å². The van der Waals surface area contributed by atoms with Crippen molar-refractivity contribution in [1.82, 2.24) is 0 Å². The molecule has 2 N–H and O–H groups in total. The van der Waals surface area contributed by atoms with Crippen LogP contribution < -0.4 is 0 Å². The Bertz CT molecular complexity index is 581. The third-order valence-corrected chi connectivity index (χ3v) is 4.18. The molecule has 1 aliphatic rings. The Morgan fingerprint density at radius 3 is 2.46 bits per heavy atom. The van der Waals surface area contributed by atoms with Gasteiger partial charge in [0.15, 0.2) is 5.78 Å². The summed E-state index contributed by atoms with van der Waals surface area (Å²) in [5, 5.41) is 18.4. The smallest absolute Gasteiger partial charge is 0.303 e. The summed E-state index contributed by atoms with van der Waals surface area (Å²) in [4.78, 5) is 22.5. The first-order chi connectivity index (χ1) is 12.5. The van der Waals surface area contributed by atoms with Crippen LogP contribution in [-0.4, -0.2) is 28.1 Å². The molecular weight excluding hydrogens is 328 g/mol. The van der Waals surface area contributed by atoms with E-state index in [-0.39, 0.29) is 30.5 Å². The van der Waals surface area contributed by atoms with Gasteiger partial charge in [0.1, 0.15) is 0 Å². The molecule has 0 saturated carbocycles. The van der Waals surface area contributed by atoms with Gasteiger partial charge in [-0.05, 0) is 44.1 Å². The van der Waals surface area contributed by atoms with Gasteiger partial charge in [-0.1, -0.05) is 61.6 Å². The zero-order valence-electron chi connectivity index (χ0n) is 15.5. The molecule has 0 radical (unpaired) electrons. The van der Waals surface area contributed by atoms with Gasteiger partial charge in [0, 0.05) is 12.3 Å². The number of hydrogen-bond donors (Lipinski definition) is 2. The second-order valence-corrected chi connectivity index (χ2v) is 6.37. The van der Waals surface area contributed by atoms with E-state index in [4.69, 9.17) is 5.11 Å². The van der Waals surface area contributed by atoms with E-state index in [2.05, 4.69) is 43.4 Å². The zero-order chi connectivity index (χ0) is 19.2. The van der Waals surface area contributed by atoms with Gasteiger partial charge < -0.3 is 10.2 Å². The number of aliphatic hydroxyl groups is 1. The Labute approximate surface area is 156 Å². The number of carboxylic acid groups (broad SMARTS) is 1.